The fraction of sp³-hybridized carbons (Fsp3) is 0.524. The van der Waals surface area contributed by atoms with Crippen molar-refractivity contribution in [3.63, 3.8) is 0 Å². The van der Waals surface area contributed by atoms with E-state index in [2.05, 4.69) is 0 Å². The summed E-state index contributed by atoms with van der Waals surface area (Å²) >= 11 is 0. The summed E-state index contributed by atoms with van der Waals surface area (Å²) in [6.07, 6.45) is 0.459. The molecule has 0 saturated carbocycles. The van der Waals surface area contributed by atoms with Crippen molar-refractivity contribution in [1.82, 2.24) is 4.57 Å². The molecule has 166 valence electrons. The van der Waals surface area contributed by atoms with Gasteiger partial charge in [-0.25, -0.2) is 9.36 Å². The van der Waals surface area contributed by atoms with Gasteiger partial charge in [0.2, 0.25) is 0 Å². The number of fused-ring (bicyclic) bond motifs is 1. The van der Waals surface area contributed by atoms with Gasteiger partial charge in [0.25, 0.3) is 7.57 Å². The fourth-order valence-corrected chi connectivity index (χ4v) is 5.32. The number of carbonyl (C=O) groups excluding carboxylic acids is 1. The van der Waals surface area contributed by atoms with Crippen LogP contribution in [0.25, 0.3) is 10.9 Å². The van der Waals surface area contributed by atoms with Crippen LogP contribution in [0.1, 0.15) is 32.8 Å². The first-order valence-corrected chi connectivity index (χ1v) is 11.9. The van der Waals surface area contributed by atoms with E-state index in [0.29, 0.717) is 31.6 Å². The van der Waals surface area contributed by atoms with E-state index in [9.17, 15) is 9.69 Å². The zero-order valence-corrected chi connectivity index (χ0v) is 18.6. The first-order valence-electron chi connectivity index (χ1n) is 10.3. The predicted octanol–water partition coefficient (Wildman–Crippen LogP) is 4.31. The smallest absolute Gasteiger partial charge is 0.419 e. The van der Waals surface area contributed by atoms with Crippen molar-refractivity contribution < 1.29 is 32.9 Å². The molecule has 1 aromatic heterocycles. The Kier molecular flexibility index (Phi) is 8.11. The zero-order valence-electron chi connectivity index (χ0n) is 17.7. The molecule has 2 heterocycles. The van der Waals surface area contributed by atoms with Crippen LogP contribution in [-0.2, 0) is 29.7 Å². The van der Waals surface area contributed by atoms with E-state index in [1.807, 2.05) is 24.3 Å². The quantitative estimate of drug-likeness (QED) is 0.613. The number of rotatable bonds is 8. The van der Waals surface area contributed by atoms with E-state index >= 15 is 0 Å². The van der Waals surface area contributed by atoms with Crippen LogP contribution >= 0.6 is 7.57 Å². The molecule has 0 atom stereocenters. The summed E-state index contributed by atoms with van der Waals surface area (Å²) < 4.78 is 29.1. The number of pyridine rings is 1. The van der Waals surface area contributed by atoms with Crippen molar-refractivity contribution >= 4 is 24.6 Å². The van der Waals surface area contributed by atoms with E-state index in [1.165, 1.54) is 4.57 Å². The zero-order chi connectivity index (χ0) is 21.6. The molecule has 3 rings (SSSR count). The first kappa shape index (κ1) is 23.0. The molecule has 9 heteroatoms. The predicted molar refractivity (Wildman–Crippen MR) is 114 cm³/mol. The Morgan fingerprint density at radius 1 is 1.13 bits per heavy atom. The van der Waals surface area contributed by atoms with Crippen LogP contribution in [0.15, 0.2) is 30.3 Å². The van der Waals surface area contributed by atoms with Crippen molar-refractivity contribution in [2.45, 2.75) is 39.9 Å². The third-order valence-corrected chi connectivity index (χ3v) is 6.84. The molecular weight excluding hydrogens is 409 g/mol. The molecule has 0 spiro atoms. The number of hydrogen-bond donors (Lipinski definition) is 1. The third kappa shape index (κ3) is 4.97. The highest BCUT2D eigenvalue weighted by molar-refractivity contribution is 7.52. The Morgan fingerprint density at radius 2 is 1.80 bits per heavy atom. The van der Waals surface area contributed by atoms with Crippen LogP contribution in [0.4, 0.5) is 4.79 Å². The van der Waals surface area contributed by atoms with Crippen LogP contribution in [-0.4, -0.2) is 54.9 Å². The summed E-state index contributed by atoms with van der Waals surface area (Å²) in [5.74, 6) is 0. The lowest BCUT2D eigenvalue weighted by Gasteiger charge is -2.22. The number of para-hydroxylation sites is 1. The molecule has 0 amide bonds. The molecule has 2 aromatic rings. The van der Waals surface area contributed by atoms with Gasteiger partial charge in [-0.3, -0.25) is 0 Å². The second-order valence-electron chi connectivity index (χ2n) is 6.65. The van der Waals surface area contributed by atoms with Crippen molar-refractivity contribution in [1.29, 1.82) is 0 Å². The summed E-state index contributed by atoms with van der Waals surface area (Å²) in [6, 6.07) is 9.31. The van der Waals surface area contributed by atoms with Crippen LogP contribution in [0.5, 0.6) is 0 Å². The minimum absolute atomic E-state index is 0.206. The largest absolute Gasteiger partial charge is 0.449 e. The normalized spacial score (nSPS) is 15.1. The third-order valence-electron chi connectivity index (χ3n) is 4.71. The SMILES string of the molecule is CCOC(=O)n1c(=P(O)(OCC)OCC)cc(CCC2OCCO2)c2ccccc21. The van der Waals surface area contributed by atoms with Gasteiger partial charge in [0, 0.05) is 11.8 Å². The molecule has 0 aliphatic carbocycles. The second kappa shape index (κ2) is 10.6. The second-order valence-corrected chi connectivity index (χ2v) is 8.66. The van der Waals surface area contributed by atoms with Gasteiger partial charge in [0.1, 0.15) is 5.07 Å². The number of aromatic nitrogens is 1. The molecular formula is C21H30NO7P. The standard InChI is InChI=1S/C21H30NO7P/c1-4-25-21(23)22-18-10-8-7-9-17(18)16(11-12-20-26-13-14-27-20)15-19(22)30(24,28-5-2)29-6-3/h7-10,15,20,24H,4-6,11-14H2,1-3H3. The van der Waals surface area contributed by atoms with Gasteiger partial charge in [-0.05, 0) is 44.9 Å². The molecule has 8 nitrogen and oxygen atoms in total. The lowest BCUT2D eigenvalue weighted by atomic mass is 10.0. The van der Waals surface area contributed by atoms with Gasteiger partial charge in [0.05, 0.1) is 38.6 Å². The maximum atomic E-state index is 12.9. The number of nitrogens with zero attached hydrogens (tertiary/aromatic N) is 1. The number of benzene rings is 1. The summed E-state index contributed by atoms with van der Waals surface area (Å²) in [5.41, 5.74) is 1.56. The topological polar surface area (TPSA) is 88.4 Å². The lowest BCUT2D eigenvalue weighted by Crippen LogP contribution is -2.18. The molecule has 0 bridgehead atoms. The van der Waals surface area contributed by atoms with Crippen molar-refractivity contribution in [2.75, 3.05) is 33.0 Å². The Balaban J connectivity index is 2.27. The van der Waals surface area contributed by atoms with Crippen molar-refractivity contribution in [3.8, 4) is 0 Å². The van der Waals surface area contributed by atoms with E-state index < -0.39 is 13.7 Å². The van der Waals surface area contributed by atoms with Gasteiger partial charge >= 0.3 is 6.09 Å². The Hall–Kier alpha value is -1.67. The molecule has 1 saturated heterocycles. The van der Waals surface area contributed by atoms with Gasteiger partial charge in [-0.15, -0.1) is 0 Å². The monoisotopic (exact) mass is 439 g/mol. The molecule has 1 aliphatic heterocycles. The van der Waals surface area contributed by atoms with E-state index in [-0.39, 0.29) is 31.2 Å². The molecule has 1 aliphatic rings. The highest BCUT2D eigenvalue weighted by atomic mass is 31.2. The summed E-state index contributed by atoms with van der Waals surface area (Å²) in [6.45, 7) is 7.14. The molecule has 1 fully saturated rings. The molecule has 30 heavy (non-hydrogen) atoms. The molecule has 1 N–H and O–H groups in total. The average Bonchev–Trinajstić information content (AvgIpc) is 3.25. The number of carbonyl (C=O) groups is 1. The van der Waals surface area contributed by atoms with Gasteiger partial charge in [-0.1, -0.05) is 18.2 Å². The summed E-state index contributed by atoms with van der Waals surface area (Å²) in [5, 5.41) is 1.15. The maximum absolute atomic E-state index is 12.9. The summed E-state index contributed by atoms with van der Waals surface area (Å²) in [4.78, 5) is 24.2. The Labute approximate surface area is 176 Å². The van der Waals surface area contributed by atoms with E-state index in [4.69, 9.17) is 23.3 Å². The molecule has 0 unspecified atom stereocenters. The van der Waals surface area contributed by atoms with Gasteiger partial charge < -0.3 is 28.2 Å². The van der Waals surface area contributed by atoms with Crippen LogP contribution < -0.4 is 0 Å². The Bertz CT molecular complexity index is 955. The minimum Gasteiger partial charge on any atom is -0.449 e. The van der Waals surface area contributed by atoms with E-state index in [1.54, 1.807) is 26.8 Å². The number of aryl methyl sites for hydroxylation is 1. The maximum Gasteiger partial charge on any atom is 0.419 e. The molecule has 1 aromatic carbocycles. The minimum atomic E-state index is -3.52. The number of ether oxygens (including phenoxy) is 3. The van der Waals surface area contributed by atoms with Gasteiger partial charge in [0.15, 0.2) is 6.29 Å². The first-order chi connectivity index (χ1) is 14.5. The average molecular weight is 439 g/mol. The van der Waals surface area contributed by atoms with Gasteiger partial charge in [-0.2, -0.15) is 0 Å². The highest BCUT2D eigenvalue weighted by Gasteiger charge is 2.24. The van der Waals surface area contributed by atoms with Crippen LogP contribution in [0.3, 0.4) is 0 Å². The highest BCUT2D eigenvalue weighted by Crippen LogP contribution is 2.49. The van der Waals surface area contributed by atoms with Crippen LogP contribution in [0.2, 0.25) is 0 Å². The van der Waals surface area contributed by atoms with E-state index in [0.717, 1.165) is 10.9 Å². The lowest BCUT2D eigenvalue weighted by molar-refractivity contribution is -0.0461. The van der Waals surface area contributed by atoms with Crippen LogP contribution in [0, 0.1) is 5.07 Å². The molecule has 0 radical (unpaired) electrons. The van der Waals surface area contributed by atoms with Crippen molar-refractivity contribution in [2.24, 2.45) is 0 Å². The van der Waals surface area contributed by atoms with Crippen molar-refractivity contribution in [3.05, 3.63) is 41.0 Å². The fourth-order valence-electron chi connectivity index (χ4n) is 3.52. The summed E-state index contributed by atoms with van der Waals surface area (Å²) in [7, 11) is -3.52. The Morgan fingerprint density at radius 3 is 2.43 bits per heavy atom. The number of hydrogen-bond acceptors (Lipinski definition) is 7.